The van der Waals surface area contributed by atoms with Gasteiger partial charge in [0.25, 0.3) is 0 Å². The maximum Gasteiger partial charge on any atom is 0.0540 e. The Balaban J connectivity index is 0.979. The Morgan fingerprint density at radius 3 is 1.14 bits per heavy atom. The number of rotatable bonds is 13. The maximum atomic E-state index is 2.42. The molecule has 0 fully saturated rings. The molecule has 10 rings (SSSR count). The van der Waals surface area contributed by atoms with Gasteiger partial charge in [0, 0.05) is 37.6 Å². The summed E-state index contributed by atoms with van der Waals surface area (Å²) in [6.07, 6.45) is 6.29. The van der Waals surface area contributed by atoms with Gasteiger partial charge in [-0.2, -0.15) is 0 Å². The molecule has 0 aliphatic carbocycles. The van der Waals surface area contributed by atoms with Crippen molar-refractivity contribution in [1.29, 1.82) is 0 Å². The van der Waals surface area contributed by atoms with E-state index in [-0.39, 0.29) is 0 Å². The Kier molecular flexibility index (Phi) is 13.6. The van der Waals surface area contributed by atoms with Crippen molar-refractivity contribution in [2.24, 2.45) is 0 Å². The van der Waals surface area contributed by atoms with E-state index in [0.29, 0.717) is 0 Å². The summed E-state index contributed by atoms with van der Waals surface area (Å²) in [7, 11) is 0. The highest BCUT2D eigenvalue weighted by molar-refractivity contribution is 14.1. The molecule has 0 bridgehead atoms. The normalized spacial score (nSPS) is 11.4. The second kappa shape index (κ2) is 20.9. The van der Waals surface area contributed by atoms with Gasteiger partial charge in [-0.1, -0.05) is 200 Å². The van der Waals surface area contributed by atoms with Crippen molar-refractivity contribution >= 4 is 60.3 Å². The number of nitrogens with zero attached hydrogens (tertiary/aromatic N) is 2. The van der Waals surface area contributed by atoms with Crippen LogP contribution in [0.25, 0.3) is 59.2 Å². The largest absolute Gasteiger partial charge is 0.310 e. The van der Waals surface area contributed by atoms with Gasteiger partial charge in [-0.25, -0.2) is 0 Å². The lowest BCUT2D eigenvalue weighted by Crippen LogP contribution is -2.11. The van der Waals surface area contributed by atoms with Crippen LogP contribution in [0.1, 0.15) is 18.1 Å². The van der Waals surface area contributed by atoms with Crippen LogP contribution in [0.2, 0.25) is 0 Å². The molecule has 0 aliphatic heterocycles. The molecule has 0 saturated carbocycles. The first-order valence-electron chi connectivity index (χ1n) is 23.5. The Morgan fingerprint density at radius 1 is 0.348 bits per heavy atom. The van der Waals surface area contributed by atoms with Crippen molar-refractivity contribution < 1.29 is 0 Å². The molecule has 0 radical (unpaired) electrons. The Morgan fingerprint density at radius 2 is 0.696 bits per heavy atom. The average Bonchev–Trinajstić information content (AvgIpc) is 3.42. The van der Waals surface area contributed by atoms with Gasteiger partial charge in [-0.3, -0.25) is 0 Å². The Bertz CT molecular complexity index is 3260. The molecule has 0 aromatic heterocycles. The third-order valence-corrected chi connectivity index (χ3v) is 13.6. The van der Waals surface area contributed by atoms with Crippen molar-refractivity contribution in [1.82, 2.24) is 0 Å². The lowest BCUT2D eigenvalue weighted by molar-refractivity contribution is 1.25. The van der Waals surface area contributed by atoms with E-state index < -0.39 is 0 Å². The van der Waals surface area contributed by atoms with Crippen molar-refractivity contribution in [2.45, 2.75) is 13.8 Å². The van der Waals surface area contributed by atoms with Crippen LogP contribution in [0.5, 0.6) is 0 Å². The molecule has 3 heteroatoms. The van der Waals surface area contributed by atoms with Crippen molar-refractivity contribution in [3.05, 3.63) is 284 Å². The first-order valence-corrected chi connectivity index (χ1v) is 24.5. The number of aryl methyl sites for hydroxylation is 1. The van der Waals surface area contributed by atoms with Gasteiger partial charge in [0.15, 0.2) is 0 Å². The minimum absolute atomic E-state index is 1.09. The van der Waals surface area contributed by atoms with Crippen LogP contribution in [-0.2, 0) is 0 Å². The van der Waals surface area contributed by atoms with Gasteiger partial charge < -0.3 is 9.80 Å². The van der Waals surface area contributed by atoms with Crippen LogP contribution >= 0.6 is 22.6 Å². The van der Waals surface area contributed by atoms with Gasteiger partial charge >= 0.3 is 0 Å². The molecule has 10 aromatic carbocycles. The lowest BCUT2D eigenvalue weighted by Gasteiger charge is -2.28. The second-order valence-electron chi connectivity index (χ2n) is 17.1. The SMILES string of the molecule is C/C=C\C=C(/I)c1ccc(N(c2ccc(-c3ccccc3)cc2)c2ccccc2-c2ccc(-c3ccc(N(c4ccc(-c5ccccc5)cc4)c4ccc(-c5ccccc5)cc4)c(C)c3)cc2)cc1. The van der Waals surface area contributed by atoms with Gasteiger partial charge in [-0.05, 0) is 170 Å². The zero-order valence-corrected chi connectivity index (χ0v) is 40.9. The molecule has 69 heavy (non-hydrogen) atoms. The second-order valence-corrected chi connectivity index (χ2v) is 18.3. The molecular weight excluding hydrogens is 948 g/mol. The Hall–Kier alpha value is -7.99. The van der Waals surface area contributed by atoms with Crippen molar-refractivity contribution in [3.8, 4) is 55.6 Å². The molecule has 10 aromatic rings. The zero-order chi connectivity index (χ0) is 46.9. The Labute approximate surface area is 421 Å². The molecule has 0 saturated heterocycles. The molecule has 0 spiro atoms. The molecule has 2 nitrogen and oxygen atoms in total. The zero-order valence-electron chi connectivity index (χ0n) is 38.8. The molecule has 332 valence electrons. The monoisotopic (exact) mass is 998 g/mol. The van der Waals surface area contributed by atoms with Crippen molar-refractivity contribution in [3.63, 3.8) is 0 Å². The van der Waals surface area contributed by atoms with Crippen LogP contribution in [0.15, 0.2) is 273 Å². The third-order valence-electron chi connectivity index (χ3n) is 12.6. The quantitative estimate of drug-likeness (QED) is 0.0839. The number of hydrogen-bond donors (Lipinski definition) is 0. The summed E-state index contributed by atoms with van der Waals surface area (Å²) in [5.41, 5.74) is 20.9. The van der Waals surface area contributed by atoms with E-state index >= 15 is 0 Å². The molecule has 0 N–H and O–H groups in total. The predicted molar refractivity (Wildman–Crippen MR) is 305 cm³/mol. The molecular formula is C66H51IN2. The number of hydrogen-bond acceptors (Lipinski definition) is 2. The van der Waals surface area contributed by atoms with Crippen LogP contribution in [-0.4, -0.2) is 0 Å². The molecule has 0 atom stereocenters. The van der Waals surface area contributed by atoms with Crippen LogP contribution in [0, 0.1) is 6.92 Å². The smallest absolute Gasteiger partial charge is 0.0540 e. The molecule has 0 amide bonds. The van der Waals surface area contributed by atoms with E-state index in [1.807, 2.05) is 6.92 Å². The fraction of sp³-hybridized carbons (Fsp3) is 0.0303. The lowest BCUT2D eigenvalue weighted by atomic mass is 9.96. The van der Waals surface area contributed by atoms with Crippen LogP contribution < -0.4 is 9.80 Å². The predicted octanol–water partition coefficient (Wildman–Crippen LogP) is 19.6. The van der Waals surface area contributed by atoms with Crippen molar-refractivity contribution in [2.75, 3.05) is 9.80 Å². The first-order chi connectivity index (χ1) is 34.0. The summed E-state index contributed by atoms with van der Waals surface area (Å²) < 4.78 is 1.20. The number of benzene rings is 10. The molecule has 0 aliphatic rings. The van der Waals surface area contributed by atoms with E-state index in [4.69, 9.17) is 0 Å². The highest BCUT2D eigenvalue weighted by atomic mass is 127. The van der Waals surface area contributed by atoms with E-state index in [1.54, 1.807) is 0 Å². The summed E-state index contributed by atoms with van der Waals surface area (Å²) >= 11 is 2.42. The fourth-order valence-electron chi connectivity index (χ4n) is 9.04. The highest BCUT2D eigenvalue weighted by Gasteiger charge is 2.19. The summed E-state index contributed by atoms with van der Waals surface area (Å²) in [4.78, 5) is 4.75. The van der Waals surface area contributed by atoms with Gasteiger partial charge in [0.1, 0.15) is 0 Å². The molecule has 0 unspecified atom stereocenters. The summed E-state index contributed by atoms with van der Waals surface area (Å²) in [5.74, 6) is 0. The van der Waals surface area contributed by atoms with Gasteiger partial charge in [0.2, 0.25) is 0 Å². The number of para-hydroxylation sites is 1. The summed E-state index contributed by atoms with van der Waals surface area (Å²) in [6.45, 7) is 4.27. The first kappa shape index (κ1) is 44.8. The highest BCUT2D eigenvalue weighted by Crippen LogP contribution is 2.43. The average molecular weight is 999 g/mol. The van der Waals surface area contributed by atoms with Crippen LogP contribution in [0.3, 0.4) is 0 Å². The number of anilines is 6. The summed E-state index contributed by atoms with van der Waals surface area (Å²) in [6, 6.07) is 92.0. The fourth-order valence-corrected chi connectivity index (χ4v) is 9.61. The minimum Gasteiger partial charge on any atom is -0.310 e. The third kappa shape index (κ3) is 10.0. The number of allylic oxidation sites excluding steroid dienone is 3. The number of halogens is 1. The summed E-state index contributed by atoms with van der Waals surface area (Å²) in [5, 5.41) is 0. The van der Waals surface area contributed by atoms with Crippen LogP contribution in [0.4, 0.5) is 34.1 Å². The van der Waals surface area contributed by atoms with E-state index in [0.717, 1.165) is 45.3 Å². The van der Waals surface area contributed by atoms with E-state index in [2.05, 4.69) is 312 Å². The van der Waals surface area contributed by atoms with Gasteiger partial charge in [-0.15, -0.1) is 0 Å². The standard InChI is InChI=1S/C66H51IN2/c1-3-4-23-64(67)57-35-44-62(45-36-57)69(61-42-33-54(34-43-61)51-20-12-7-13-21-51)66-24-15-14-22-63(66)56-27-25-55(26-28-56)58-37-46-65(48(2)47-58)68(59-38-29-52(30-39-59)49-16-8-5-9-17-49)60-40-31-53(32-41-60)50-18-10-6-11-19-50/h3-47H,1-2H3/b4-3-,64-23-. The minimum atomic E-state index is 1.09. The van der Waals surface area contributed by atoms with E-state index in [9.17, 15) is 0 Å². The van der Waals surface area contributed by atoms with Gasteiger partial charge in [0.05, 0.1) is 5.69 Å². The molecule has 0 heterocycles. The topological polar surface area (TPSA) is 6.48 Å². The maximum absolute atomic E-state index is 2.42. The van der Waals surface area contributed by atoms with E-state index in [1.165, 1.54) is 59.2 Å².